The number of nitrogens with zero attached hydrogens (tertiary/aromatic N) is 3. The number of nitrogens with one attached hydrogen (secondary N) is 1. The average Bonchev–Trinajstić information content (AvgIpc) is 3.06. The lowest BCUT2D eigenvalue weighted by Crippen LogP contribution is -2.34. The van der Waals surface area contributed by atoms with Crippen molar-refractivity contribution in [1.29, 1.82) is 0 Å². The first-order valence-electron chi connectivity index (χ1n) is 7.87. The average molecular weight is 273 g/mol. The number of hydrogen-bond donors (Lipinski definition) is 2. The van der Waals surface area contributed by atoms with Crippen molar-refractivity contribution in [3.8, 4) is 0 Å². The van der Waals surface area contributed by atoms with Crippen LogP contribution in [0, 0.1) is 6.92 Å². The van der Waals surface area contributed by atoms with Gasteiger partial charge in [0.15, 0.2) is 0 Å². The predicted octanol–water partition coefficient (Wildman–Crippen LogP) is 1.89. The number of hydrogen-bond acceptors (Lipinski definition) is 5. The largest absolute Gasteiger partial charge is 0.383 e. The first-order chi connectivity index (χ1) is 9.72. The summed E-state index contributed by atoms with van der Waals surface area (Å²) in [5.74, 6) is 3.10. The fraction of sp³-hybridized carbons (Fsp3) is 0.733. The Bertz CT molecular complexity index is 525. The summed E-state index contributed by atoms with van der Waals surface area (Å²) in [6.45, 7) is 4.51. The number of nitrogen functional groups attached to an aromatic ring is 1. The lowest BCUT2D eigenvalue weighted by atomic mass is 10.1. The zero-order valence-corrected chi connectivity index (χ0v) is 12.1. The molecule has 5 heteroatoms. The van der Waals surface area contributed by atoms with Gasteiger partial charge in [-0.25, -0.2) is 9.97 Å². The summed E-state index contributed by atoms with van der Waals surface area (Å²) in [6, 6.07) is 1.22. The van der Waals surface area contributed by atoms with Crippen LogP contribution in [0.3, 0.4) is 0 Å². The molecule has 1 aliphatic carbocycles. The quantitative estimate of drug-likeness (QED) is 0.880. The molecule has 2 unspecified atom stereocenters. The van der Waals surface area contributed by atoms with E-state index in [4.69, 9.17) is 10.7 Å². The monoisotopic (exact) mass is 273 g/mol. The molecule has 0 bridgehead atoms. The second-order valence-corrected chi connectivity index (χ2v) is 6.50. The van der Waals surface area contributed by atoms with Gasteiger partial charge in [-0.3, -0.25) is 4.90 Å². The predicted molar refractivity (Wildman–Crippen MR) is 79.8 cm³/mol. The number of anilines is 2. The van der Waals surface area contributed by atoms with Gasteiger partial charge in [-0.15, -0.1) is 0 Å². The Kier molecular flexibility index (Phi) is 2.84. The minimum absolute atomic E-state index is 0.526. The van der Waals surface area contributed by atoms with Crippen LogP contribution < -0.4 is 11.1 Å². The first kappa shape index (κ1) is 12.4. The second-order valence-electron chi connectivity index (χ2n) is 6.50. The van der Waals surface area contributed by atoms with Crippen molar-refractivity contribution >= 4 is 11.6 Å². The smallest absolute Gasteiger partial charge is 0.136 e. The number of rotatable bonds is 3. The van der Waals surface area contributed by atoms with Gasteiger partial charge in [0.1, 0.15) is 17.5 Å². The molecule has 0 spiro atoms. The molecule has 108 valence electrons. The van der Waals surface area contributed by atoms with Gasteiger partial charge in [0.25, 0.3) is 0 Å². The number of nitrogens with two attached hydrogens (primary N) is 1. The van der Waals surface area contributed by atoms with E-state index in [0.29, 0.717) is 23.8 Å². The van der Waals surface area contributed by atoms with Crippen molar-refractivity contribution < 1.29 is 0 Å². The van der Waals surface area contributed by atoms with Gasteiger partial charge in [0.2, 0.25) is 0 Å². The molecular weight excluding hydrogens is 250 g/mol. The van der Waals surface area contributed by atoms with E-state index in [1.54, 1.807) is 0 Å². The molecular formula is C15H23N5. The van der Waals surface area contributed by atoms with Crippen molar-refractivity contribution in [2.45, 2.75) is 57.0 Å². The van der Waals surface area contributed by atoms with Crippen LogP contribution in [0.4, 0.5) is 11.6 Å². The van der Waals surface area contributed by atoms with Crippen molar-refractivity contribution in [3.05, 3.63) is 11.4 Å². The SMILES string of the molecule is Cc1c(N)nc(C2CC2)nc1NC1CCN2CCCC12. The zero-order chi connectivity index (χ0) is 13.7. The highest BCUT2D eigenvalue weighted by atomic mass is 15.2. The van der Waals surface area contributed by atoms with Gasteiger partial charge in [-0.1, -0.05) is 0 Å². The van der Waals surface area contributed by atoms with E-state index in [2.05, 4.69) is 15.2 Å². The molecule has 2 atom stereocenters. The van der Waals surface area contributed by atoms with Crippen LogP contribution in [0.1, 0.15) is 49.4 Å². The molecule has 3 N–H and O–H groups in total. The van der Waals surface area contributed by atoms with Crippen LogP contribution in [0.15, 0.2) is 0 Å². The third-order valence-corrected chi connectivity index (χ3v) is 5.07. The lowest BCUT2D eigenvalue weighted by molar-refractivity contribution is 0.318. The maximum absolute atomic E-state index is 6.07. The van der Waals surface area contributed by atoms with E-state index in [-0.39, 0.29) is 0 Å². The summed E-state index contributed by atoms with van der Waals surface area (Å²) in [5, 5.41) is 3.67. The van der Waals surface area contributed by atoms with Crippen molar-refractivity contribution in [2.75, 3.05) is 24.1 Å². The van der Waals surface area contributed by atoms with E-state index in [1.807, 2.05) is 6.92 Å². The topological polar surface area (TPSA) is 67.1 Å². The maximum atomic E-state index is 6.07. The van der Waals surface area contributed by atoms with Crippen LogP contribution in [0.25, 0.3) is 0 Å². The Hall–Kier alpha value is -1.36. The third kappa shape index (κ3) is 2.04. The van der Waals surface area contributed by atoms with Gasteiger partial charge in [-0.05, 0) is 45.6 Å². The minimum Gasteiger partial charge on any atom is -0.383 e. The maximum Gasteiger partial charge on any atom is 0.136 e. The van der Waals surface area contributed by atoms with E-state index in [9.17, 15) is 0 Å². The van der Waals surface area contributed by atoms with E-state index >= 15 is 0 Å². The van der Waals surface area contributed by atoms with Gasteiger partial charge in [-0.2, -0.15) is 0 Å². The molecule has 20 heavy (non-hydrogen) atoms. The summed E-state index contributed by atoms with van der Waals surface area (Å²) < 4.78 is 0. The standard InChI is InChI=1S/C15H23N5/c1-9-13(16)18-15(10-4-5-10)19-14(9)17-11-6-8-20-7-2-3-12(11)20/h10-12H,2-8H2,1H3,(H3,16,17,18,19). The summed E-state index contributed by atoms with van der Waals surface area (Å²) in [6.07, 6.45) is 6.28. The second kappa shape index (κ2) is 4.58. The van der Waals surface area contributed by atoms with Crippen LogP contribution in [-0.4, -0.2) is 40.0 Å². The Labute approximate surface area is 120 Å². The Morgan fingerprint density at radius 2 is 2.00 bits per heavy atom. The van der Waals surface area contributed by atoms with Crippen LogP contribution in [0.2, 0.25) is 0 Å². The molecule has 0 aromatic carbocycles. The minimum atomic E-state index is 0.526. The fourth-order valence-corrected chi connectivity index (χ4v) is 3.64. The van der Waals surface area contributed by atoms with Gasteiger partial charge < -0.3 is 11.1 Å². The molecule has 1 saturated carbocycles. The van der Waals surface area contributed by atoms with Gasteiger partial charge >= 0.3 is 0 Å². The van der Waals surface area contributed by atoms with Gasteiger partial charge in [0.05, 0.1) is 0 Å². The summed E-state index contributed by atoms with van der Waals surface area (Å²) in [7, 11) is 0. The first-order valence-corrected chi connectivity index (χ1v) is 7.87. The Morgan fingerprint density at radius 1 is 1.15 bits per heavy atom. The summed E-state index contributed by atoms with van der Waals surface area (Å²) >= 11 is 0. The number of aromatic nitrogens is 2. The van der Waals surface area contributed by atoms with Crippen LogP contribution in [0.5, 0.6) is 0 Å². The number of fused-ring (bicyclic) bond motifs is 1. The molecule has 2 aliphatic heterocycles. The molecule has 4 rings (SSSR count). The highest BCUT2D eigenvalue weighted by Crippen LogP contribution is 2.39. The molecule has 0 radical (unpaired) electrons. The molecule has 3 aliphatic rings. The van der Waals surface area contributed by atoms with Crippen molar-refractivity contribution in [3.63, 3.8) is 0 Å². The normalized spacial score (nSPS) is 29.6. The fourth-order valence-electron chi connectivity index (χ4n) is 3.64. The highest BCUT2D eigenvalue weighted by Gasteiger charge is 2.37. The summed E-state index contributed by atoms with van der Waals surface area (Å²) in [5.41, 5.74) is 7.07. The van der Waals surface area contributed by atoms with Crippen LogP contribution in [-0.2, 0) is 0 Å². The third-order valence-electron chi connectivity index (χ3n) is 5.07. The zero-order valence-electron chi connectivity index (χ0n) is 12.1. The van der Waals surface area contributed by atoms with E-state index in [0.717, 1.165) is 17.2 Å². The molecule has 3 heterocycles. The Morgan fingerprint density at radius 3 is 2.80 bits per heavy atom. The van der Waals surface area contributed by atoms with Crippen molar-refractivity contribution in [2.24, 2.45) is 0 Å². The summed E-state index contributed by atoms with van der Waals surface area (Å²) in [4.78, 5) is 11.8. The van der Waals surface area contributed by atoms with Crippen LogP contribution >= 0.6 is 0 Å². The molecule has 0 amide bonds. The molecule has 5 nitrogen and oxygen atoms in total. The lowest BCUT2D eigenvalue weighted by Gasteiger charge is -2.23. The Balaban J connectivity index is 1.58. The molecule has 3 fully saturated rings. The van der Waals surface area contributed by atoms with E-state index in [1.165, 1.54) is 45.2 Å². The van der Waals surface area contributed by atoms with Gasteiger partial charge in [0, 0.05) is 30.1 Å². The van der Waals surface area contributed by atoms with Crippen molar-refractivity contribution in [1.82, 2.24) is 14.9 Å². The molecule has 1 aromatic rings. The highest BCUT2D eigenvalue weighted by molar-refractivity contribution is 5.56. The molecule has 2 saturated heterocycles. The molecule has 1 aromatic heterocycles. The van der Waals surface area contributed by atoms with E-state index < -0.39 is 0 Å².